The van der Waals surface area contributed by atoms with Gasteiger partial charge >= 0.3 is 6.18 Å². The molecule has 3 aromatic heterocycles. The predicted octanol–water partition coefficient (Wildman–Crippen LogP) is 4.59. The number of carbonyl (C=O) groups excluding carboxylic acids is 1. The number of ether oxygens (including phenoxy) is 1. The second-order valence-electron chi connectivity index (χ2n) is 10.2. The molecular weight excluding hydrogens is 559 g/mol. The van der Waals surface area contributed by atoms with Crippen LogP contribution in [0.4, 0.5) is 19.0 Å². The van der Waals surface area contributed by atoms with E-state index in [0.717, 1.165) is 72.2 Å². The van der Waals surface area contributed by atoms with Crippen LogP contribution in [0.1, 0.15) is 44.3 Å². The summed E-state index contributed by atoms with van der Waals surface area (Å²) in [5, 5.41) is 11.7. The van der Waals surface area contributed by atoms with Gasteiger partial charge in [-0.15, -0.1) is 21.5 Å². The Kier molecular flexibility index (Phi) is 8.09. The number of likely N-dealkylation sites (tertiary alicyclic amines) is 1. The van der Waals surface area contributed by atoms with Crippen molar-refractivity contribution in [1.29, 1.82) is 0 Å². The fourth-order valence-electron chi connectivity index (χ4n) is 4.41. The van der Waals surface area contributed by atoms with Crippen molar-refractivity contribution in [2.24, 2.45) is 10.9 Å². The average molecular weight is 590 g/mol. The van der Waals surface area contributed by atoms with Crippen LogP contribution in [0.25, 0.3) is 16.5 Å². The number of alkyl halides is 3. The maximum atomic E-state index is 13.2. The summed E-state index contributed by atoms with van der Waals surface area (Å²) >= 11 is 1.03. The molecular formula is C26H30F3N9O2S. The van der Waals surface area contributed by atoms with Crippen LogP contribution in [-0.4, -0.2) is 79.3 Å². The van der Waals surface area contributed by atoms with Gasteiger partial charge in [-0.05, 0) is 26.7 Å². The van der Waals surface area contributed by atoms with Gasteiger partial charge in [0.1, 0.15) is 23.9 Å². The van der Waals surface area contributed by atoms with E-state index in [1.54, 1.807) is 19.7 Å². The van der Waals surface area contributed by atoms with E-state index in [-0.39, 0.29) is 22.3 Å². The Morgan fingerprint density at radius 2 is 2.10 bits per heavy atom. The summed E-state index contributed by atoms with van der Waals surface area (Å²) < 4.78 is 47.8. The molecule has 5 rings (SSSR count). The van der Waals surface area contributed by atoms with Gasteiger partial charge < -0.3 is 19.5 Å². The van der Waals surface area contributed by atoms with Crippen molar-refractivity contribution in [3.63, 3.8) is 0 Å². The van der Waals surface area contributed by atoms with Gasteiger partial charge in [-0.1, -0.05) is 6.58 Å². The van der Waals surface area contributed by atoms with Crippen molar-refractivity contribution in [1.82, 2.24) is 34.2 Å². The number of nitrogens with one attached hydrogen (secondary N) is 1. The van der Waals surface area contributed by atoms with E-state index in [1.807, 2.05) is 17.7 Å². The first-order chi connectivity index (χ1) is 19.5. The molecule has 11 nitrogen and oxygen atoms in total. The van der Waals surface area contributed by atoms with Gasteiger partial charge in [-0.3, -0.25) is 9.36 Å². The fourth-order valence-corrected chi connectivity index (χ4v) is 5.15. The van der Waals surface area contributed by atoms with Gasteiger partial charge in [-0.2, -0.15) is 13.2 Å². The van der Waals surface area contributed by atoms with Crippen LogP contribution in [0.2, 0.25) is 0 Å². The molecule has 1 unspecified atom stereocenters. The summed E-state index contributed by atoms with van der Waals surface area (Å²) in [6.07, 6.45) is 4.27. The largest absolute Gasteiger partial charge is 0.408 e. The first kappa shape index (κ1) is 28.7. The molecule has 1 saturated heterocycles. The minimum absolute atomic E-state index is 0.0481. The zero-order valence-electron chi connectivity index (χ0n) is 22.8. The van der Waals surface area contributed by atoms with Crippen molar-refractivity contribution in [3.8, 4) is 10.8 Å². The Hall–Kier alpha value is -3.85. The van der Waals surface area contributed by atoms with Gasteiger partial charge in [0.15, 0.2) is 10.8 Å². The van der Waals surface area contributed by atoms with Crippen LogP contribution in [0, 0.1) is 5.92 Å². The molecule has 1 N–H and O–H groups in total. The second kappa shape index (κ2) is 11.6. The number of imidazole rings is 1. The Bertz CT molecular complexity index is 1480. The van der Waals surface area contributed by atoms with Gasteiger partial charge in [0.05, 0.1) is 30.5 Å². The van der Waals surface area contributed by atoms with Gasteiger partial charge in [0.25, 0.3) is 5.91 Å². The van der Waals surface area contributed by atoms with Crippen LogP contribution in [0.5, 0.6) is 0 Å². The number of hydrogen-bond donors (Lipinski definition) is 1. The Morgan fingerprint density at radius 1 is 1.34 bits per heavy atom. The molecule has 0 spiro atoms. The molecule has 0 bridgehead atoms. The summed E-state index contributed by atoms with van der Waals surface area (Å²) in [6, 6.07) is -1.84. The Labute approximate surface area is 238 Å². The van der Waals surface area contributed by atoms with Crippen molar-refractivity contribution < 1.29 is 22.7 Å². The molecule has 218 valence electrons. The molecule has 2 aliphatic rings. The molecule has 15 heteroatoms. The number of nitrogens with zero attached hydrogens (tertiary/aromatic N) is 8. The minimum atomic E-state index is -4.48. The summed E-state index contributed by atoms with van der Waals surface area (Å²) in [5.41, 5.74) is 2.76. The number of aromatic nitrogens is 6. The van der Waals surface area contributed by atoms with E-state index in [4.69, 9.17) is 4.74 Å². The zero-order chi connectivity index (χ0) is 29.3. The highest BCUT2D eigenvalue weighted by molar-refractivity contribution is 7.13. The molecule has 3 aromatic rings. The average Bonchev–Trinajstić information content (AvgIpc) is 3.29. The summed E-state index contributed by atoms with van der Waals surface area (Å²) in [4.78, 5) is 28.1. The third kappa shape index (κ3) is 6.40. The maximum absolute atomic E-state index is 13.2. The molecule has 1 aliphatic heterocycles. The second-order valence-corrected chi connectivity index (χ2v) is 11.0. The third-order valence-electron chi connectivity index (χ3n) is 7.06. The highest BCUT2D eigenvalue weighted by Crippen LogP contribution is 2.39. The molecule has 1 atom stereocenters. The van der Waals surface area contributed by atoms with Gasteiger partial charge in [0.2, 0.25) is 0 Å². The lowest BCUT2D eigenvalue weighted by Gasteiger charge is -2.41. The van der Waals surface area contributed by atoms with Crippen LogP contribution in [-0.2, 0) is 9.53 Å². The van der Waals surface area contributed by atoms with E-state index in [2.05, 4.69) is 42.0 Å². The summed E-state index contributed by atoms with van der Waals surface area (Å²) in [6.45, 7) is 9.01. The minimum Gasteiger partial charge on any atom is -0.384 e. The zero-order valence-corrected chi connectivity index (χ0v) is 23.6. The molecule has 0 radical (unpaired) electrons. The fraction of sp³-hybridized carbons (Fsp3) is 0.462. The highest BCUT2D eigenvalue weighted by Gasteiger charge is 2.39. The van der Waals surface area contributed by atoms with Gasteiger partial charge in [-0.25, -0.2) is 15.0 Å². The number of aliphatic imine (C=N–C) groups is 1. The van der Waals surface area contributed by atoms with E-state index in [0.29, 0.717) is 18.4 Å². The lowest BCUT2D eigenvalue weighted by Crippen LogP contribution is -2.48. The van der Waals surface area contributed by atoms with Crippen molar-refractivity contribution in [3.05, 3.63) is 47.9 Å². The normalized spacial score (nSPS) is 17.5. The number of halogens is 3. The highest BCUT2D eigenvalue weighted by atomic mass is 32.1. The number of carbonyl (C=O) groups is 1. The summed E-state index contributed by atoms with van der Waals surface area (Å²) in [7, 11) is 1.68. The van der Waals surface area contributed by atoms with Crippen LogP contribution < -0.4 is 5.32 Å². The monoisotopic (exact) mass is 589 g/mol. The number of methoxy groups -OCH3 is 1. The lowest BCUT2D eigenvalue weighted by atomic mass is 10.00. The smallest absolute Gasteiger partial charge is 0.384 e. The molecule has 0 aromatic carbocycles. The van der Waals surface area contributed by atoms with Crippen LogP contribution >= 0.6 is 11.3 Å². The first-order valence-electron chi connectivity index (χ1n) is 13.0. The van der Waals surface area contributed by atoms with Gasteiger partial charge in [0, 0.05) is 49.3 Å². The van der Waals surface area contributed by atoms with Crippen molar-refractivity contribution in [2.75, 3.05) is 32.1 Å². The maximum Gasteiger partial charge on any atom is 0.408 e. The topological polar surface area (TPSA) is 115 Å². The number of anilines is 1. The molecule has 41 heavy (non-hydrogen) atoms. The standard InChI is InChI=1S/C26H30F3N9O2S/c1-15(24(39)33-22-12-41-25(34-22)23-35-32-14-38(23)17(3)26(27,28)29)30-7-21(36-8-18(9-36)11-40-4)16(2)37-10-20(31-13-37)19-5-6-19/h7,10,12-14,17-19H,1,5-6,8-9,11H2,2-4H3,(H,33,39). The Balaban J connectivity index is 1.28. The van der Waals surface area contributed by atoms with Crippen LogP contribution in [0.15, 0.2) is 47.2 Å². The van der Waals surface area contributed by atoms with Crippen molar-refractivity contribution in [2.45, 2.75) is 44.8 Å². The van der Waals surface area contributed by atoms with E-state index in [1.165, 1.54) is 5.38 Å². The Morgan fingerprint density at radius 3 is 2.78 bits per heavy atom. The molecule has 1 aliphatic carbocycles. The quantitative estimate of drug-likeness (QED) is 0.257. The number of allylic oxidation sites excluding steroid dienone is 2. The third-order valence-corrected chi connectivity index (χ3v) is 7.90. The summed E-state index contributed by atoms with van der Waals surface area (Å²) in [5.74, 6) is 0.420. The first-order valence-corrected chi connectivity index (χ1v) is 13.9. The molecule has 1 saturated carbocycles. The predicted molar refractivity (Wildman–Crippen MR) is 148 cm³/mol. The number of hydrogen-bond acceptors (Lipinski definition) is 9. The van der Waals surface area contributed by atoms with E-state index >= 15 is 0 Å². The molecule has 4 heterocycles. The van der Waals surface area contributed by atoms with E-state index in [9.17, 15) is 18.0 Å². The van der Waals surface area contributed by atoms with E-state index < -0.39 is 18.1 Å². The number of amides is 1. The molecule has 2 fully saturated rings. The SMILES string of the molecule is C=C(N=CC(=C(C)n1cnc(C2CC2)c1)N1CC(COC)C1)C(=O)Nc1csc(-c2nncn2C(C)C(F)(F)F)n1. The number of rotatable bonds is 11. The number of thiazole rings is 1. The lowest BCUT2D eigenvalue weighted by molar-refractivity contribution is -0.162. The van der Waals surface area contributed by atoms with Crippen molar-refractivity contribution >= 4 is 35.0 Å². The van der Waals surface area contributed by atoms with Crippen LogP contribution in [0.3, 0.4) is 0 Å². The molecule has 1 amide bonds.